The number of hydrogen-bond donors (Lipinski definition) is 4. The van der Waals surface area contributed by atoms with Gasteiger partial charge in [0.15, 0.2) is 0 Å². The van der Waals surface area contributed by atoms with Crippen molar-refractivity contribution in [3.05, 3.63) is 85.6 Å². The first-order valence-electron chi connectivity index (χ1n) is 9.69. The molecule has 2 atom stereocenters. The Morgan fingerprint density at radius 3 is 1.94 bits per heavy atom. The fraction of sp³-hybridized carbons (Fsp3) is 0.217. The van der Waals surface area contributed by atoms with Gasteiger partial charge in [0, 0.05) is 0 Å². The van der Waals surface area contributed by atoms with Gasteiger partial charge in [0.25, 0.3) is 0 Å². The molecule has 0 saturated heterocycles. The Morgan fingerprint density at radius 2 is 1.48 bits per heavy atom. The summed E-state index contributed by atoms with van der Waals surface area (Å²) in [5.74, 6) is -2.78. The molecule has 4 N–H and O–H groups in total. The average molecular weight is 487 g/mol. The topological polar surface area (TPSA) is 116 Å². The van der Waals surface area contributed by atoms with Gasteiger partial charge in [0.1, 0.15) is 0 Å². The Morgan fingerprint density at radius 1 is 0.909 bits per heavy atom. The molecule has 175 valence electrons. The molecule has 1 amide bonds. The third-order valence-corrected chi connectivity index (χ3v) is 6.18. The summed E-state index contributed by atoms with van der Waals surface area (Å²) in [7, 11) is 8.26. The SMILES string of the molecule is [B]=C(NC(CSSCC(NC(=O)/C(C=C)=C/C=C\C)C(=O)O)C(=O)O)C(/C=C\C=C)=C/C=C. The molecular formula is C23H28BN2O5S2. The molecule has 0 heterocycles. The van der Waals surface area contributed by atoms with Crippen LogP contribution >= 0.6 is 21.6 Å². The molecule has 0 rings (SSSR count). The molecule has 1 radical (unpaired) electrons. The number of carbonyl (C=O) groups excluding carboxylic acids is 1. The Kier molecular flexibility index (Phi) is 16.0. The van der Waals surface area contributed by atoms with Gasteiger partial charge in [-0.25, -0.2) is 0 Å². The summed E-state index contributed by atoms with van der Waals surface area (Å²) < 4.78 is 0. The van der Waals surface area contributed by atoms with Crippen molar-refractivity contribution in [2.24, 2.45) is 0 Å². The van der Waals surface area contributed by atoms with Crippen molar-refractivity contribution < 1.29 is 24.6 Å². The van der Waals surface area contributed by atoms with E-state index >= 15 is 0 Å². The first-order chi connectivity index (χ1) is 15.7. The molecule has 0 bridgehead atoms. The molecule has 0 aliphatic heterocycles. The molecule has 2 unspecified atom stereocenters. The van der Waals surface area contributed by atoms with Gasteiger partial charge in [-0.3, -0.25) is 0 Å². The monoisotopic (exact) mass is 487 g/mol. The number of amides is 1. The summed E-state index contributed by atoms with van der Waals surface area (Å²) in [5.41, 5.74) is 0.907. The van der Waals surface area contributed by atoms with E-state index < -0.39 is 29.9 Å². The molecule has 33 heavy (non-hydrogen) atoms. The van der Waals surface area contributed by atoms with Crippen LogP contribution in [0.15, 0.2) is 85.6 Å². The van der Waals surface area contributed by atoms with Crippen LogP contribution in [0.3, 0.4) is 0 Å². The normalized spacial score (nSPS) is 13.8. The summed E-state index contributed by atoms with van der Waals surface area (Å²) in [6.45, 7) is 12.5. The van der Waals surface area contributed by atoms with Crippen LogP contribution in [0.5, 0.6) is 0 Å². The predicted octanol–water partition coefficient (Wildman–Crippen LogP) is 2.82. The van der Waals surface area contributed by atoms with E-state index in [9.17, 15) is 24.6 Å². The van der Waals surface area contributed by atoms with E-state index in [1.165, 1.54) is 18.2 Å². The molecule has 10 heteroatoms. The Hall–Kier alpha value is -2.98. The Balaban J connectivity index is 4.97. The van der Waals surface area contributed by atoms with Crippen molar-refractivity contribution in [2.75, 3.05) is 11.5 Å². The Bertz CT molecular complexity index is 878. The van der Waals surface area contributed by atoms with E-state index in [1.807, 2.05) is 0 Å². The van der Waals surface area contributed by atoms with Crippen molar-refractivity contribution in [1.29, 1.82) is 0 Å². The molecule has 0 saturated carbocycles. The third kappa shape index (κ3) is 12.6. The van der Waals surface area contributed by atoms with Gasteiger partial charge in [-0.15, -0.1) is 0 Å². The Labute approximate surface area is 203 Å². The number of nitrogens with one attached hydrogen (secondary N) is 2. The molecule has 0 aromatic carbocycles. The van der Waals surface area contributed by atoms with Gasteiger partial charge < -0.3 is 0 Å². The number of carbonyl (C=O) groups is 3. The second-order valence-corrected chi connectivity index (χ2v) is 8.74. The maximum absolute atomic E-state index is 12.2. The minimum atomic E-state index is -1.20. The van der Waals surface area contributed by atoms with Crippen molar-refractivity contribution in [2.45, 2.75) is 19.0 Å². The molecular weight excluding hydrogens is 459 g/mol. The van der Waals surface area contributed by atoms with Crippen LogP contribution in [0.4, 0.5) is 0 Å². The van der Waals surface area contributed by atoms with Gasteiger partial charge in [-0.1, -0.05) is 18.7 Å². The number of carboxylic acids is 2. The van der Waals surface area contributed by atoms with Crippen molar-refractivity contribution >= 4 is 52.5 Å². The van der Waals surface area contributed by atoms with Gasteiger partial charge in [-0.05, 0) is 6.92 Å². The summed E-state index contributed by atoms with van der Waals surface area (Å²) in [6.07, 6.45) is 14.2. The maximum atomic E-state index is 12.2. The fourth-order valence-corrected chi connectivity index (χ4v) is 4.37. The molecule has 7 nitrogen and oxygen atoms in total. The standard InChI is InChI=1S/C23H28BN2O5S2/c1-5-9-12-16(8-4)21(27)26-19(23(30)31)15-33-32-14-18(22(28)29)25-20(24)17(11-7-3)13-10-6-2/h5-13,18-19,25H,2-4,14-15H2,1H3,(H,26,27)(H,28,29)(H,30,31)/b9-5-,13-10-,16-12+,17-11+. The first-order valence-corrected chi connectivity index (χ1v) is 12.2. The van der Waals surface area contributed by atoms with E-state index in [0.29, 0.717) is 5.57 Å². The zero-order chi connectivity index (χ0) is 25.2. The van der Waals surface area contributed by atoms with Crippen LogP contribution in [0, 0.1) is 0 Å². The van der Waals surface area contributed by atoms with Gasteiger partial charge >= 0.3 is 178 Å². The van der Waals surface area contributed by atoms with Crippen molar-refractivity contribution in [1.82, 2.24) is 10.6 Å². The average Bonchev–Trinajstić information content (AvgIpc) is 2.77. The minimum absolute atomic E-state index is 0.0228. The zero-order valence-corrected chi connectivity index (χ0v) is 20.0. The molecule has 0 aromatic rings. The number of hydrogen-bond acceptors (Lipinski definition) is 6. The molecule has 0 aromatic heterocycles. The van der Waals surface area contributed by atoms with Crippen LogP contribution in [0.25, 0.3) is 0 Å². The van der Waals surface area contributed by atoms with Crippen LogP contribution in [0.2, 0.25) is 0 Å². The molecule has 0 fully saturated rings. The summed E-state index contributed by atoms with van der Waals surface area (Å²) in [5, 5.41) is 24.1. The van der Waals surface area contributed by atoms with Crippen LogP contribution < -0.4 is 10.6 Å². The van der Waals surface area contributed by atoms with Crippen LogP contribution in [0.1, 0.15) is 6.92 Å². The first kappa shape index (κ1) is 30.0. The van der Waals surface area contributed by atoms with Gasteiger partial charge in [0.05, 0.1) is 0 Å². The third-order valence-electron chi connectivity index (χ3n) is 3.75. The van der Waals surface area contributed by atoms with E-state index in [2.05, 4.69) is 30.4 Å². The van der Waals surface area contributed by atoms with E-state index in [-0.39, 0.29) is 22.7 Å². The summed E-state index contributed by atoms with van der Waals surface area (Å²) in [6, 6.07) is -2.19. The second-order valence-electron chi connectivity index (χ2n) is 6.19. The van der Waals surface area contributed by atoms with Crippen LogP contribution in [-0.4, -0.2) is 64.7 Å². The molecule has 0 aliphatic carbocycles. The summed E-state index contributed by atoms with van der Waals surface area (Å²) >= 11 is 0. The van der Waals surface area contributed by atoms with E-state index in [4.69, 9.17) is 7.49 Å². The number of rotatable bonds is 17. The van der Waals surface area contributed by atoms with Crippen molar-refractivity contribution in [3.63, 3.8) is 0 Å². The fourth-order valence-electron chi connectivity index (χ4n) is 2.06. The summed E-state index contributed by atoms with van der Waals surface area (Å²) in [4.78, 5) is 35.4. The number of carboxylic acid groups (broad SMARTS) is 2. The van der Waals surface area contributed by atoms with Gasteiger partial charge in [0.2, 0.25) is 0 Å². The second kappa shape index (κ2) is 17.6. The van der Waals surface area contributed by atoms with Crippen LogP contribution in [-0.2, 0) is 14.4 Å². The number of allylic oxidation sites excluding steroid dienone is 7. The zero-order valence-electron chi connectivity index (χ0n) is 18.4. The predicted molar refractivity (Wildman–Crippen MR) is 141 cm³/mol. The van der Waals surface area contributed by atoms with E-state index in [0.717, 1.165) is 21.6 Å². The number of aliphatic carboxylic acids is 2. The van der Waals surface area contributed by atoms with E-state index in [1.54, 1.807) is 43.4 Å². The molecule has 0 aliphatic rings. The quantitative estimate of drug-likeness (QED) is 0.0814. The molecule has 0 spiro atoms. The van der Waals surface area contributed by atoms with Gasteiger partial charge in [-0.2, -0.15) is 0 Å². The van der Waals surface area contributed by atoms with Crippen molar-refractivity contribution in [3.8, 4) is 0 Å².